The van der Waals surface area contributed by atoms with E-state index in [1.807, 2.05) is 14.0 Å². The van der Waals surface area contributed by atoms with Crippen molar-refractivity contribution < 1.29 is 4.79 Å². The Morgan fingerprint density at radius 1 is 1.25 bits per heavy atom. The van der Waals surface area contributed by atoms with Crippen LogP contribution in [0.5, 0.6) is 0 Å². The molecule has 1 aromatic carbocycles. The molecule has 0 bridgehead atoms. The molecule has 20 heavy (non-hydrogen) atoms. The molecule has 0 saturated heterocycles. The normalized spacial score (nSPS) is 13.1. The third kappa shape index (κ3) is 4.97. The van der Waals surface area contributed by atoms with Crippen LogP contribution in [0.3, 0.4) is 0 Å². The monoisotopic (exact) mass is 276 g/mol. The number of hydrogen-bond donors (Lipinski definition) is 1. The lowest BCUT2D eigenvalue weighted by Gasteiger charge is -2.21. The lowest BCUT2D eigenvalue weighted by molar-refractivity contribution is -0.131. The van der Waals surface area contributed by atoms with Crippen LogP contribution in [0.4, 0.5) is 0 Å². The van der Waals surface area contributed by atoms with Crippen molar-refractivity contribution in [3.63, 3.8) is 0 Å². The van der Waals surface area contributed by atoms with E-state index in [9.17, 15) is 4.79 Å². The Morgan fingerprint density at radius 2 is 1.80 bits per heavy atom. The Morgan fingerprint density at radius 3 is 2.25 bits per heavy atom. The molecule has 1 rings (SSSR count). The summed E-state index contributed by atoms with van der Waals surface area (Å²) in [6.07, 6.45) is 0.521. The molecule has 0 spiro atoms. The molecule has 0 aliphatic carbocycles. The van der Waals surface area contributed by atoms with E-state index < -0.39 is 0 Å². The average molecular weight is 276 g/mol. The lowest BCUT2D eigenvalue weighted by atomic mass is 9.87. The fourth-order valence-electron chi connectivity index (χ4n) is 2.01. The predicted octanol–water partition coefficient (Wildman–Crippen LogP) is 2.93. The molecular weight excluding hydrogens is 248 g/mol. The largest absolute Gasteiger partial charge is 0.341 e. The molecule has 1 unspecified atom stereocenters. The second-order valence-corrected chi connectivity index (χ2v) is 6.74. The van der Waals surface area contributed by atoms with Gasteiger partial charge in [0.1, 0.15) is 0 Å². The van der Waals surface area contributed by atoms with Gasteiger partial charge in [0.2, 0.25) is 5.91 Å². The molecule has 1 amide bonds. The first-order valence-corrected chi connectivity index (χ1v) is 7.27. The second-order valence-electron chi connectivity index (χ2n) is 6.74. The van der Waals surface area contributed by atoms with E-state index in [1.165, 1.54) is 5.56 Å². The first kappa shape index (κ1) is 16.7. The predicted molar refractivity (Wildman–Crippen MR) is 84.5 cm³/mol. The van der Waals surface area contributed by atoms with Crippen LogP contribution in [0.1, 0.15) is 45.2 Å². The molecular formula is C17H28N2O. The maximum absolute atomic E-state index is 12.0. The van der Waals surface area contributed by atoms with Crippen molar-refractivity contribution in [3.05, 3.63) is 35.4 Å². The SMILES string of the molecule is CC(CN)CC(=O)N(C)Cc1ccc(C(C)(C)C)cc1. The summed E-state index contributed by atoms with van der Waals surface area (Å²) in [5, 5.41) is 0. The highest BCUT2D eigenvalue weighted by Gasteiger charge is 2.15. The van der Waals surface area contributed by atoms with Gasteiger partial charge >= 0.3 is 0 Å². The molecule has 3 nitrogen and oxygen atoms in total. The molecule has 112 valence electrons. The summed E-state index contributed by atoms with van der Waals surface area (Å²) in [5.74, 6) is 0.399. The number of benzene rings is 1. The van der Waals surface area contributed by atoms with Gasteiger partial charge < -0.3 is 10.6 Å². The highest BCUT2D eigenvalue weighted by atomic mass is 16.2. The molecule has 2 N–H and O–H groups in total. The van der Waals surface area contributed by atoms with Crippen molar-refractivity contribution in [2.75, 3.05) is 13.6 Å². The van der Waals surface area contributed by atoms with E-state index in [0.717, 1.165) is 5.56 Å². The van der Waals surface area contributed by atoms with E-state index in [0.29, 0.717) is 19.5 Å². The number of nitrogens with zero attached hydrogens (tertiary/aromatic N) is 1. The average Bonchev–Trinajstić information content (AvgIpc) is 2.38. The minimum atomic E-state index is 0.155. The van der Waals surface area contributed by atoms with Crippen molar-refractivity contribution in [1.29, 1.82) is 0 Å². The first-order chi connectivity index (χ1) is 9.24. The summed E-state index contributed by atoms with van der Waals surface area (Å²) in [6, 6.07) is 8.51. The fraction of sp³-hybridized carbons (Fsp3) is 0.588. The first-order valence-electron chi connectivity index (χ1n) is 7.27. The Kier molecular flexibility index (Phi) is 5.75. The van der Waals surface area contributed by atoms with Gasteiger partial charge in [-0.15, -0.1) is 0 Å². The minimum absolute atomic E-state index is 0.155. The highest BCUT2D eigenvalue weighted by molar-refractivity contribution is 5.76. The van der Waals surface area contributed by atoms with E-state index in [4.69, 9.17) is 5.73 Å². The van der Waals surface area contributed by atoms with Gasteiger partial charge in [0.25, 0.3) is 0 Å². The maximum Gasteiger partial charge on any atom is 0.222 e. The van der Waals surface area contributed by atoms with Gasteiger partial charge in [-0.25, -0.2) is 0 Å². The smallest absolute Gasteiger partial charge is 0.222 e. The van der Waals surface area contributed by atoms with E-state index in [-0.39, 0.29) is 17.2 Å². The maximum atomic E-state index is 12.0. The van der Waals surface area contributed by atoms with Gasteiger partial charge in [0.15, 0.2) is 0 Å². The Bertz CT molecular complexity index is 431. The molecule has 0 fully saturated rings. The molecule has 0 aliphatic rings. The van der Waals surface area contributed by atoms with Crippen LogP contribution in [0.15, 0.2) is 24.3 Å². The minimum Gasteiger partial charge on any atom is -0.341 e. The van der Waals surface area contributed by atoms with Crippen LogP contribution >= 0.6 is 0 Å². The summed E-state index contributed by atoms with van der Waals surface area (Å²) >= 11 is 0. The zero-order valence-corrected chi connectivity index (χ0v) is 13.4. The van der Waals surface area contributed by atoms with E-state index in [2.05, 4.69) is 45.0 Å². The van der Waals surface area contributed by atoms with Gasteiger partial charge in [-0.05, 0) is 29.0 Å². The van der Waals surface area contributed by atoms with Crippen LogP contribution in [0, 0.1) is 5.92 Å². The quantitative estimate of drug-likeness (QED) is 0.899. The Labute approximate surface area is 123 Å². The van der Waals surface area contributed by atoms with Crippen molar-refractivity contribution in [1.82, 2.24) is 4.90 Å². The van der Waals surface area contributed by atoms with Crippen LogP contribution in [-0.2, 0) is 16.8 Å². The molecule has 1 atom stereocenters. The second kappa shape index (κ2) is 6.89. The van der Waals surface area contributed by atoms with E-state index >= 15 is 0 Å². The third-order valence-corrected chi connectivity index (χ3v) is 3.59. The van der Waals surface area contributed by atoms with Crippen LogP contribution in [-0.4, -0.2) is 24.4 Å². The van der Waals surface area contributed by atoms with Gasteiger partial charge in [0, 0.05) is 20.0 Å². The van der Waals surface area contributed by atoms with E-state index in [1.54, 1.807) is 4.90 Å². The highest BCUT2D eigenvalue weighted by Crippen LogP contribution is 2.22. The summed E-state index contributed by atoms with van der Waals surface area (Å²) in [4.78, 5) is 13.8. The van der Waals surface area contributed by atoms with Crippen molar-refractivity contribution >= 4 is 5.91 Å². The summed E-state index contributed by atoms with van der Waals surface area (Å²) in [6.45, 7) is 9.81. The molecule has 0 aliphatic heterocycles. The lowest BCUT2D eigenvalue weighted by Crippen LogP contribution is -2.29. The van der Waals surface area contributed by atoms with Crippen LogP contribution < -0.4 is 5.73 Å². The molecule has 0 heterocycles. The Balaban J connectivity index is 2.62. The standard InChI is InChI=1S/C17H28N2O/c1-13(11-18)10-16(20)19(5)12-14-6-8-15(9-7-14)17(2,3)4/h6-9,13H,10-12,18H2,1-5H3. The third-order valence-electron chi connectivity index (χ3n) is 3.59. The molecule has 0 saturated carbocycles. The van der Waals surface area contributed by atoms with Crippen LogP contribution in [0.25, 0.3) is 0 Å². The van der Waals surface area contributed by atoms with Gasteiger partial charge in [0.05, 0.1) is 0 Å². The molecule has 0 radical (unpaired) electrons. The zero-order chi connectivity index (χ0) is 15.3. The number of rotatable bonds is 5. The van der Waals surface area contributed by atoms with Gasteiger partial charge in [-0.1, -0.05) is 52.0 Å². The zero-order valence-electron chi connectivity index (χ0n) is 13.4. The van der Waals surface area contributed by atoms with Crippen molar-refractivity contribution in [2.45, 2.75) is 46.1 Å². The topological polar surface area (TPSA) is 46.3 Å². The summed E-state index contributed by atoms with van der Waals surface area (Å²) in [5.41, 5.74) is 8.20. The summed E-state index contributed by atoms with van der Waals surface area (Å²) in [7, 11) is 1.85. The number of carbonyl (C=O) groups is 1. The summed E-state index contributed by atoms with van der Waals surface area (Å²) < 4.78 is 0. The van der Waals surface area contributed by atoms with Crippen LogP contribution in [0.2, 0.25) is 0 Å². The van der Waals surface area contributed by atoms with Gasteiger partial charge in [-0.3, -0.25) is 4.79 Å². The number of amides is 1. The Hall–Kier alpha value is -1.35. The molecule has 0 aromatic heterocycles. The molecule has 3 heteroatoms. The fourth-order valence-corrected chi connectivity index (χ4v) is 2.01. The number of hydrogen-bond acceptors (Lipinski definition) is 2. The van der Waals surface area contributed by atoms with Crippen molar-refractivity contribution in [3.8, 4) is 0 Å². The number of nitrogens with two attached hydrogens (primary N) is 1. The van der Waals surface area contributed by atoms with Gasteiger partial charge in [-0.2, -0.15) is 0 Å². The number of carbonyl (C=O) groups excluding carboxylic acids is 1. The van der Waals surface area contributed by atoms with Crippen molar-refractivity contribution in [2.24, 2.45) is 11.7 Å². The molecule has 1 aromatic rings.